The first-order chi connectivity index (χ1) is 20.9. The van der Waals surface area contributed by atoms with Crippen molar-refractivity contribution in [2.24, 2.45) is 0 Å². The average Bonchev–Trinajstić information content (AvgIpc) is 3.80. The molecule has 1 aliphatic rings. The van der Waals surface area contributed by atoms with Gasteiger partial charge in [-0.2, -0.15) is 0 Å². The van der Waals surface area contributed by atoms with E-state index in [1.807, 2.05) is 109 Å². The number of carbonyl (C=O) groups is 2. The number of carboxylic acids is 1. The number of hydrogen-bond donors (Lipinski definition) is 1. The number of aliphatic carboxylic acids is 1. The number of benzene rings is 4. The van der Waals surface area contributed by atoms with E-state index in [2.05, 4.69) is 24.2 Å². The first-order valence-electron chi connectivity index (χ1n) is 14.6. The van der Waals surface area contributed by atoms with Gasteiger partial charge in [0.05, 0.1) is 17.7 Å². The predicted molar refractivity (Wildman–Crippen MR) is 167 cm³/mol. The summed E-state index contributed by atoms with van der Waals surface area (Å²) in [4.78, 5) is 27.4. The zero-order valence-electron chi connectivity index (χ0n) is 24.4. The first-order valence-corrected chi connectivity index (χ1v) is 14.6. The molecule has 1 unspecified atom stereocenters. The number of carboxylic acid groups (broad SMARTS) is 1. The number of aryl methyl sites for hydroxylation is 1. The van der Waals surface area contributed by atoms with Gasteiger partial charge >= 0.3 is 5.97 Å². The van der Waals surface area contributed by atoms with Crippen molar-refractivity contribution in [3.05, 3.63) is 137 Å². The minimum absolute atomic E-state index is 0.0374. The lowest BCUT2D eigenvalue weighted by Gasteiger charge is -2.26. The minimum Gasteiger partial charge on any atom is -0.481 e. The molecule has 1 fully saturated rings. The Morgan fingerprint density at radius 2 is 1.40 bits per heavy atom. The zero-order valence-corrected chi connectivity index (χ0v) is 24.4. The van der Waals surface area contributed by atoms with Crippen molar-refractivity contribution in [1.82, 2.24) is 10.1 Å². The van der Waals surface area contributed by atoms with Gasteiger partial charge in [-0.15, -0.1) is 0 Å². The molecule has 216 valence electrons. The van der Waals surface area contributed by atoms with Gasteiger partial charge in [-0.1, -0.05) is 109 Å². The fraction of sp³-hybridized carbons (Fsp3) is 0.216. The maximum absolute atomic E-state index is 13.8. The van der Waals surface area contributed by atoms with Crippen LogP contribution in [0.2, 0.25) is 0 Å². The molecule has 6 nitrogen and oxygen atoms in total. The van der Waals surface area contributed by atoms with Crippen LogP contribution in [0.25, 0.3) is 22.5 Å². The molecule has 6 heteroatoms. The molecule has 0 saturated heterocycles. The average molecular weight is 571 g/mol. The summed E-state index contributed by atoms with van der Waals surface area (Å²) < 4.78 is 5.84. The summed E-state index contributed by atoms with van der Waals surface area (Å²) >= 11 is 0. The normalized spacial score (nSPS) is 14.2. The Labute approximate surface area is 251 Å². The van der Waals surface area contributed by atoms with Gasteiger partial charge in [0.1, 0.15) is 0 Å². The van der Waals surface area contributed by atoms with E-state index in [-0.39, 0.29) is 11.8 Å². The van der Waals surface area contributed by atoms with E-state index < -0.39 is 11.4 Å². The largest absolute Gasteiger partial charge is 0.481 e. The van der Waals surface area contributed by atoms with Crippen LogP contribution in [0.4, 0.5) is 0 Å². The molecule has 1 amide bonds. The Morgan fingerprint density at radius 1 is 0.837 bits per heavy atom. The summed E-state index contributed by atoms with van der Waals surface area (Å²) in [7, 11) is 0. The van der Waals surface area contributed by atoms with Crippen LogP contribution < -0.4 is 0 Å². The third-order valence-corrected chi connectivity index (χ3v) is 8.58. The highest BCUT2D eigenvalue weighted by Gasteiger charge is 2.51. The molecular formula is C37H34N2O4. The molecule has 0 bridgehead atoms. The summed E-state index contributed by atoms with van der Waals surface area (Å²) in [5.41, 5.74) is 6.51. The van der Waals surface area contributed by atoms with Crippen molar-refractivity contribution < 1.29 is 19.2 Å². The smallest absolute Gasteiger partial charge is 0.314 e. The summed E-state index contributed by atoms with van der Waals surface area (Å²) in [6, 6.07) is 35.5. The number of carbonyl (C=O) groups excluding carboxylic acids is 1. The Morgan fingerprint density at radius 3 is 1.98 bits per heavy atom. The molecule has 0 radical (unpaired) electrons. The van der Waals surface area contributed by atoms with Gasteiger partial charge in [0, 0.05) is 23.2 Å². The Balaban J connectivity index is 1.25. The van der Waals surface area contributed by atoms with E-state index >= 15 is 0 Å². The maximum Gasteiger partial charge on any atom is 0.314 e. The van der Waals surface area contributed by atoms with Gasteiger partial charge in [-0.25, -0.2) is 0 Å². The molecule has 1 heterocycles. The van der Waals surface area contributed by atoms with E-state index in [0.717, 1.165) is 33.5 Å². The molecular weight excluding hydrogens is 536 g/mol. The molecule has 0 aliphatic heterocycles. The summed E-state index contributed by atoms with van der Waals surface area (Å²) in [5.74, 6) is -0.00545. The zero-order chi connectivity index (χ0) is 30.0. The standard InChI is InChI=1S/C37H34N2O4/c1-25(27-9-5-3-6-10-27)23-39(35(40)31-11-7-4-8-12-31)24-33-26(2)38-43-34(33)30-15-13-28(14-16-30)29-17-19-32(20-18-29)37(21-22-37)36(41)42/h3-20,25H,21-24H2,1-2H3,(H,41,42). The summed E-state index contributed by atoms with van der Waals surface area (Å²) in [6.07, 6.45) is 1.38. The van der Waals surface area contributed by atoms with E-state index in [0.29, 0.717) is 37.3 Å². The molecule has 6 rings (SSSR count). The Kier molecular flexibility index (Phi) is 7.68. The number of aromatic nitrogens is 1. The Bertz CT molecular complexity index is 1720. The van der Waals surface area contributed by atoms with Gasteiger partial charge in [-0.05, 0) is 60.1 Å². The van der Waals surface area contributed by atoms with Gasteiger partial charge in [0.15, 0.2) is 5.76 Å². The van der Waals surface area contributed by atoms with Crippen molar-refractivity contribution in [2.75, 3.05) is 6.54 Å². The summed E-state index contributed by atoms with van der Waals surface area (Å²) in [6.45, 7) is 4.96. The number of nitrogens with zero attached hydrogens (tertiary/aromatic N) is 2. The molecule has 1 saturated carbocycles. The highest BCUT2D eigenvalue weighted by molar-refractivity contribution is 5.94. The lowest BCUT2D eigenvalue weighted by atomic mass is 9.93. The van der Waals surface area contributed by atoms with Crippen LogP contribution in [0.5, 0.6) is 0 Å². The molecule has 43 heavy (non-hydrogen) atoms. The highest BCUT2D eigenvalue weighted by Crippen LogP contribution is 2.48. The Hall–Kier alpha value is -4.97. The minimum atomic E-state index is -0.749. The molecule has 1 atom stereocenters. The molecule has 0 spiro atoms. The van der Waals surface area contributed by atoms with Gasteiger partial charge in [-0.3, -0.25) is 9.59 Å². The fourth-order valence-corrected chi connectivity index (χ4v) is 5.74. The maximum atomic E-state index is 13.8. The van der Waals surface area contributed by atoms with Gasteiger partial charge in [0.25, 0.3) is 5.91 Å². The first kappa shape index (κ1) is 28.2. The fourth-order valence-electron chi connectivity index (χ4n) is 5.74. The topological polar surface area (TPSA) is 83.6 Å². The van der Waals surface area contributed by atoms with Crippen LogP contribution in [-0.4, -0.2) is 33.6 Å². The molecule has 5 aromatic rings. The van der Waals surface area contributed by atoms with Crippen LogP contribution in [0.15, 0.2) is 114 Å². The van der Waals surface area contributed by atoms with Crippen LogP contribution in [-0.2, 0) is 16.8 Å². The van der Waals surface area contributed by atoms with Crippen molar-refractivity contribution in [3.8, 4) is 22.5 Å². The van der Waals surface area contributed by atoms with Crippen molar-refractivity contribution in [1.29, 1.82) is 0 Å². The predicted octanol–water partition coefficient (Wildman–Crippen LogP) is 7.88. The van der Waals surface area contributed by atoms with E-state index in [1.165, 1.54) is 5.56 Å². The number of rotatable bonds is 10. The van der Waals surface area contributed by atoms with Crippen LogP contribution in [0.3, 0.4) is 0 Å². The van der Waals surface area contributed by atoms with E-state index in [9.17, 15) is 14.7 Å². The van der Waals surface area contributed by atoms with Crippen molar-refractivity contribution >= 4 is 11.9 Å². The molecule has 4 aromatic carbocycles. The second-order valence-corrected chi connectivity index (χ2v) is 11.5. The van der Waals surface area contributed by atoms with Crippen molar-refractivity contribution in [3.63, 3.8) is 0 Å². The molecule has 1 aliphatic carbocycles. The SMILES string of the molecule is Cc1noc(-c2ccc(-c3ccc(C4(C(=O)O)CC4)cc3)cc2)c1CN(CC(C)c1ccccc1)C(=O)c1ccccc1. The lowest BCUT2D eigenvalue weighted by molar-refractivity contribution is -0.140. The number of amides is 1. The van der Waals surface area contributed by atoms with Crippen LogP contribution in [0, 0.1) is 6.92 Å². The third kappa shape index (κ3) is 5.73. The monoisotopic (exact) mass is 570 g/mol. The quantitative estimate of drug-likeness (QED) is 0.185. The summed E-state index contributed by atoms with van der Waals surface area (Å²) in [5, 5.41) is 13.9. The third-order valence-electron chi connectivity index (χ3n) is 8.58. The number of hydrogen-bond acceptors (Lipinski definition) is 4. The van der Waals surface area contributed by atoms with Gasteiger partial charge < -0.3 is 14.5 Å². The van der Waals surface area contributed by atoms with Crippen LogP contribution >= 0.6 is 0 Å². The molecule has 1 aromatic heterocycles. The second kappa shape index (κ2) is 11.7. The lowest BCUT2D eigenvalue weighted by Crippen LogP contribution is -2.34. The van der Waals surface area contributed by atoms with E-state index in [1.54, 1.807) is 0 Å². The van der Waals surface area contributed by atoms with Crippen molar-refractivity contribution in [2.45, 2.75) is 44.6 Å². The van der Waals surface area contributed by atoms with E-state index in [4.69, 9.17) is 4.52 Å². The van der Waals surface area contributed by atoms with Gasteiger partial charge in [0.2, 0.25) is 0 Å². The second-order valence-electron chi connectivity index (χ2n) is 11.5. The van der Waals surface area contributed by atoms with Crippen LogP contribution in [0.1, 0.15) is 58.4 Å². The molecule has 1 N–H and O–H groups in total. The highest BCUT2D eigenvalue weighted by atomic mass is 16.5.